The summed E-state index contributed by atoms with van der Waals surface area (Å²) in [5.41, 5.74) is 37.3. The zero-order chi connectivity index (χ0) is 90.1. The van der Waals surface area contributed by atoms with Gasteiger partial charge < -0.3 is 37.8 Å². The van der Waals surface area contributed by atoms with Crippen molar-refractivity contribution in [1.29, 1.82) is 0 Å². The molecule has 0 amide bonds. The van der Waals surface area contributed by atoms with Crippen molar-refractivity contribution in [3.63, 3.8) is 0 Å². The van der Waals surface area contributed by atoms with E-state index in [2.05, 4.69) is 484 Å². The van der Waals surface area contributed by atoms with Crippen LogP contribution < -0.4 is 14.7 Å². The molecular weight excluding hydrogens is 1640 g/mol. The molecule has 24 rings (SSSR count). The van der Waals surface area contributed by atoms with E-state index in [-0.39, 0.29) is 5.41 Å². The first-order valence-corrected chi connectivity index (χ1v) is 46.2. The fourth-order valence-electron chi connectivity index (χ4n) is 18.5. The topological polar surface area (TPSA) is 92.1 Å². The Hall–Kier alpha value is -16.4. The molecular formula is C121H96N10OS. The quantitative estimate of drug-likeness (QED) is 0.109. The van der Waals surface area contributed by atoms with E-state index in [1.165, 1.54) is 98.0 Å². The average molecular weight is 1740 g/mol. The van der Waals surface area contributed by atoms with E-state index in [1.807, 2.05) is 24.3 Å². The summed E-state index contributed by atoms with van der Waals surface area (Å²) < 4.78 is 14.6. The normalized spacial score (nSPS) is 11.6. The molecule has 0 unspecified atom stereocenters. The monoisotopic (exact) mass is 1740 g/mol. The molecule has 0 atom stereocenters. The molecule has 12 heteroatoms. The van der Waals surface area contributed by atoms with Gasteiger partial charge in [0.15, 0.2) is 5.58 Å². The van der Waals surface area contributed by atoms with Crippen LogP contribution >= 0.6 is 11.3 Å². The summed E-state index contributed by atoms with van der Waals surface area (Å²) in [6.45, 7) is 19.4. The number of hydrogen-bond acceptors (Lipinski definition) is 8. The van der Waals surface area contributed by atoms with Crippen LogP contribution in [0.2, 0.25) is 0 Å². The highest BCUT2D eigenvalue weighted by Gasteiger charge is 2.24. The molecule has 0 saturated heterocycles. The molecule has 24 aromatic rings. The molecule has 6 aromatic heterocycles. The Morgan fingerprint density at radius 2 is 0.594 bits per heavy atom. The second-order valence-electron chi connectivity index (χ2n) is 35.9. The van der Waals surface area contributed by atoms with Crippen LogP contribution in [-0.4, -0.2) is 33.6 Å². The summed E-state index contributed by atoms with van der Waals surface area (Å²) in [6.07, 6.45) is 0. The molecule has 0 aliphatic carbocycles. The Kier molecular flexibility index (Phi) is 21.2. The molecule has 1 N–H and O–H groups in total. The van der Waals surface area contributed by atoms with Gasteiger partial charge in [0.25, 0.3) is 0 Å². The SMILES string of the molecule is Cc1ccc(N(c2ccc(C)cc2)c2ccc(-n3c4ccccc4c4cc(-c5nc6cc(C(C)(C)C)ccc6o5)ccc43)cc2)cc1.Cc1ccc(N(c2ccc(C)cc2)c2ccc(-n3c4ccccc4c4cc(-c5nc6ccccc6[nH]5)ccc43)cc2)cc1.Cc1ccc(N(c2ccc(C)cc2)c2ccc(-n3c4ccccc4c4cc(-c5nc6ccccc6s5)ccc43)cc2)cc1. The molecule has 133 heavy (non-hydrogen) atoms. The third-order valence-corrected chi connectivity index (χ3v) is 26.7. The smallest absolute Gasteiger partial charge is 0.227 e. The number of fused-ring (bicyclic) bond motifs is 12. The third-order valence-electron chi connectivity index (χ3n) is 25.6. The molecule has 0 radical (unpaired) electrons. The summed E-state index contributed by atoms with van der Waals surface area (Å²) in [7, 11) is 0. The van der Waals surface area contributed by atoms with Crippen molar-refractivity contribution in [1.82, 2.24) is 33.6 Å². The summed E-state index contributed by atoms with van der Waals surface area (Å²) in [6, 6.07) is 148. The lowest BCUT2D eigenvalue weighted by atomic mass is 9.87. The van der Waals surface area contributed by atoms with Crippen molar-refractivity contribution < 1.29 is 4.42 Å². The van der Waals surface area contributed by atoms with Gasteiger partial charge >= 0.3 is 0 Å². The maximum Gasteiger partial charge on any atom is 0.227 e. The van der Waals surface area contributed by atoms with E-state index < -0.39 is 0 Å². The van der Waals surface area contributed by atoms with Crippen LogP contribution in [0.25, 0.3) is 148 Å². The van der Waals surface area contributed by atoms with E-state index in [1.54, 1.807) is 11.3 Å². The van der Waals surface area contributed by atoms with Crippen molar-refractivity contribution >= 4 is 160 Å². The van der Waals surface area contributed by atoms with Gasteiger partial charge in [0.05, 0.1) is 54.4 Å². The Morgan fingerprint density at radius 3 is 0.977 bits per heavy atom. The number of benzene rings is 18. The maximum atomic E-state index is 6.27. The van der Waals surface area contributed by atoms with Gasteiger partial charge in [-0.15, -0.1) is 11.3 Å². The van der Waals surface area contributed by atoms with E-state index >= 15 is 0 Å². The summed E-state index contributed by atoms with van der Waals surface area (Å²) in [5, 5.41) is 8.32. The molecule has 0 aliphatic rings. The predicted molar refractivity (Wildman–Crippen MR) is 560 cm³/mol. The molecule has 6 heterocycles. The first-order valence-electron chi connectivity index (χ1n) is 45.4. The minimum absolute atomic E-state index is 0.0475. The average Bonchev–Trinajstić information content (AvgIpc) is 1.60. The van der Waals surface area contributed by atoms with Gasteiger partial charge in [-0.1, -0.05) is 212 Å². The second kappa shape index (κ2) is 34.2. The Bertz CT molecular complexity index is 7920. The minimum atomic E-state index is 0.0475. The number of para-hydroxylation sites is 6. The van der Waals surface area contributed by atoms with Crippen molar-refractivity contribution in [3.8, 4) is 50.5 Å². The number of anilines is 9. The van der Waals surface area contributed by atoms with Gasteiger partial charge in [-0.3, -0.25) is 0 Å². The van der Waals surface area contributed by atoms with Crippen LogP contribution in [0.3, 0.4) is 0 Å². The fraction of sp³-hybridized carbons (Fsp3) is 0.0826. The number of rotatable bonds is 15. The van der Waals surface area contributed by atoms with Crippen LogP contribution in [-0.2, 0) is 5.41 Å². The number of imidazole rings is 1. The minimum Gasteiger partial charge on any atom is -0.436 e. The number of aryl methyl sites for hydroxylation is 6. The molecule has 11 nitrogen and oxygen atoms in total. The molecule has 0 bridgehead atoms. The Balaban J connectivity index is 0.000000116. The van der Waals surface area contributed by atoms with Crippen molar-refractivity contribution in [2.45, 2.75) is 67.7 Å². The van der Waals surface area contributed by atoms with Gasteiger partial charge in [-0.25, -0.2) is 15.0 Å². The number of nitrogens with one attached hydrogen (secondary N) is 1. The Morgan fingerprint density at radius 1 is 0.271 bits per heavy atom. The van der Waals surface area contributed by atoms with E-state index in [4.69, 9.17) is 19.4 Å². The zero-order valence-corrected chi connectivity index (χ0v) is 76.4. The first kappa shape index (κ1) is 82.3. The molecule has 18 aromatic carbocycles. The highest BCUT2D eigenvalue weighted by molar-refractivity contribution is 7.21. The Labute approximate surface area is 777 Å². The number of aromatic nitrogens is 7. The summed E-state index contributed by atoms with van der Waals surface area (Å²) >= 11 is 1.75. The largest absolute Gasteiger partial charge is 0.436 e. The van der Waals surface area contributed by atoms with E-state index in [0.29, 0.717) is 5.89 Å². The molecule has 0 saturated carbocycles. The first-order chi connectivity index (χ1) is 65.0. The fourth-order valence-corrected chi connectivity index (χ4v) is 19.5. The van der Waals surface area contributed by atoms with Crippen LogP contribution in [0, 0.1) is 41.5 Å². The molecule has 642 valence electrons. The van der Waals surface area contributed by atoms with Gasteiger partial charge in [0.1, 0.15) is 16.3 Å². The van der Waals surface area contributed by atoms with E-state index in [9.17, 15) is 0 Å². The number of oxazole rings is 1. The number of H-pyrrole nitrogens is 1. The zero-order valence-electron chi connectivity index (χ0n) is 75.6. The van der Waals surface area contributed by atoms with Crippen LogP contribution in [0.5, 0.6) is 0 Å². The van der Waals surface area contributed by atoms with Crippen LogP contribution in [0.4, 0.5) is 51.2 Å². The van der Waals surface area contributed by atoms with Crippen molar-refractivity contribution in [2.24, 2.45) is 0 Å². The number of nitrogens with zero attached hydrogens (tertiary/aromatic N) is 9. The third kappa shape index (κ3) is 15.9. The second-order valence-corrected chi connectivity index (χ2v) is 36.9. The highest BCUT2D eigenvalue weighted by Crippen LogP contribution is 2.45. The van der Waals surface area contributed by atoms with Gasteiger partial charge in [0, 0.05) is 117 Å². The van der Waals surface area contributed by atoms with E-state index in [0.717, 1.165) is 134 Å². The lowest BCUT2D eigenvalue weighted by Crippen LogP contribution is -2.10. The lowest BCUT2D eigenvalue weighted by molar-refractivity contribution is 0.590. The molecule has 0 aliphatic heterocycles. The maximum absolute atomic E-state index is 6.27. The lowest BCUT2D eigenvalue weighted by Gasteiger charge is -2.26. The van der Waals surface area contributed by atoms with Gasteiger partial charge in [-0.05, 0) is 307 Å². The molecule has 0 fully saturated rings. The highest BCUT2D eigenvalue weighted by atomic mass is 32.1. The summed E-state index contributed by atoms with van der Waals surface area (Å²) in [4.78, 5) is 25.1. The van der Waals surface area contributed by atoms with Crippen molar-refractivity contribution in [2.75, 3.05) is 14.7 Å². The van der Waals surface area contributed by atoms with Crippen LogP contribution in [0.15, 0.2) is 417 Å². The summed E-state index contributed by atoms with van der Waals surface area (Å²) in [5.74, 6) is 1.53. The van der Waals surface area contributed by atoms with Crippen molar-refractivity contribution in [3.05, 3.63) is 451 Å². The van der Waals surface area contributed by atoms with Gasteiger partial charge in [0.2, 0.25) is 5.89 Å². The van der Waals surface area contributed by atoms with Crippen LogP contribution in [0.1, 0.15) is 59.7 Å². The number of aromatic amines is 1. The standard InChI is InChI=1S/C43H37N3O.C39H30N4.C39H29N3S/c1-28-10-16-32(17-11-28)45(33-18-12-29(2)13-19-33)34-20-22-35(23-21-34)46-39-9-7-6-8-36(39)37-26-30(14-24-40(37)46)42-44-38-27-31(43(3,4)5)15-25-41(38)47-42;1-26-11-16-29(17-12-26)42(30-18-13-27(2)14-19-30)31-20-22-32(23-21-31)43-37-10-6-3-7-33(37)34-25-28(15-24-38(34)43)39-40-35-8-4-5-9-36(35)41-39;1-26-11-16-29(17-12-26)41(30-18-13-27(2)14-19-30)31-20-22-32(23-21-31)42-36-9-5-3-7-33(36)34-25-28(15-24-37(34)42)39-40-35-8-4-6-10-38(35)43-39/h6-27H,1-5H3;3-25H,1-2H3,(H,40,41);3-25H,1-2H3. The predicted octanol–water partition coefficient (Wildman–Crippen LogP) is 33.5. The number of thiazole rings is 1. The van der Waals surface area contributed by atoms with Gasteiger partial charge in [-0.2, -0.15) is 0 Å². The number of hydrogen-bond donors (Lipinski definition) is 1. The molecule has 0 spiro atoms.